The topological polar surface area (TPSA) is 77.2 Å². The molecule has 0 bridgehead atoms. The molecule has 2 rings (SSSR count). The molecule has 114 valence electrons. The minimum Gasteiger partial charge on any atom is -0.492 e. The predicted octanol–water partition coefficient (Wildman–Crippen LogP) is 2.98. The standard InChI is InChI=1S/C14H17N3O2S.ClH/c1-3-19-12-6-9(2)4-5-10(12)17-14(18)11-8-20-13(7-15)16-11;/h4-6,8H,3,7,15H2,1-2H3,(H,17,18);1H. The van der Waals surface area contributed by atoms with E-state index in [9.17, 15) is 4.79 Å². The van der Waals surface area contributed by atoms with E-state index in [2.05, 4.69) is 10.3 Å². The second-order valence-electron chi connectivity index (χ2n) is 4.22. The first-order chi connectivity index (χ1) is 9.63. The van der Waals surface area contributed by atoms with Gasteiger partial charge in [0, 0.05) is 11.9 Å². The minimum atomic E-state index is -0.259. The Morgan fingerprint density at radius 2 is 2.24 bits per heavy atom. The van der Waals surface area contributed by atoms with Crippen LogP contribution in [0.3, 0.4) is 0 Å². The Morgan fingerprint density at radius 3 is 2.86 bits per heavy atom. The molecule has 3 N–H and O–H groups in total. The Morgan fingerprint density at radius 1 is 1.48 bits per heavy atom. The number of nitrogens with zero attached hydrogens (tertiary/aromatic N) is 1. The maximum Gasteiger partial charge on any atom is 0.275 e. The fraction of sp³-hybridized carbons (Fsp3) is 0.286. The number of rotatable bonds is 5. The molecule has 2 aromatic rings. The second-order valence-corrected chi connectivity index (χ2v) is 5.16. The van der Waals surface area contributed by atoms with Crippen molar-refractivity contribution in [1.29, 1.82) is 0 Å². The lowest BCUT2D eigenvalue weighted by Gasteiger charge is -2.11. The number of anilines is 1. The van der Waals surface area contributed by atoms with Crippen LogP contribution in [0.15, 0.2) is 23.6 Å². The van der Waals surface area contributed by atoms with Crippen LogP contribution in [0.4, 0.5) is 5.69 Å². The van der Waals surface area contributed by atoms with Crippen molar-refractivity contribution in [1.82, 2.24) is 4.98 Å². The minimum absolute atomic E-state index is 0. The molecule has 0 unspecified atom stereocenters. The van der Waals surface area contributed by atoms with E-state index < -0.39 is 0 Å². The highest BCUT2D eigenvalue weighted by Crippen LogP contribution is 2.26. The highest BCUT2D eigenvalue weighted by atomic mass is 35.5. The maximum absolute atomic E-state index is 12.1. The van der Waals surface area contributed by atoms with Crippen LogP contribution in [-0.2, 0) is 6.54 Å². The average Bonchev–Trinajstić information content (AvgIpc) is 2.91. The van der Waals surface area contributed by atoms with Crippen LogP contribution in [0.1, 0.15) is 28.0 Å². The molecular weight excluding hydrogens is 310 g/mol. The number of nitrogens with two attached hydrogens (primary N) is 1. The van der Waals surface area contributed by atoms with Crippen LogP contribution in [-0.4, -0.2) is 17.5 Å². The molecule has 1 amide bonds. The number of aromatic nitrogens is 1. The third kappa shape index (κ3) is 4.42. The van der Waals surface area contributed by atoms with Crippen LogP contribution >= 0.6 is 23.7 Å². The van der Waals surface area contributed by atoms with Gasteiger partial charge in [0.1, 0.15) is 16.5 Å². The van der Waals surface area contributed by atoms with Crippen molar-refractivity contribution in [2.24, 2.45) is 5.73 Å². The van der Waals surface area contributed by atoms with Gasteiger partial charge >= 0.3 is 0 Å². The van der Waals surface area contributed by atoms with Gasteiger partial charge in [-0.05, 0) is 31.5 Å². The van der Waals surface area contributed by atoms with Gasteiger partial charge in [-0.25, -0.2) is 4.98 Å². The molecule has 0 saturated carbocycles. The molecule has 0 aliphatic carbocycles. The molecule has 1 aromatic carbocycles. The summed E-state index contributed by atoms with van der Waals surface area (Å²) in [6.45, 7) is 4.76. The van der Waals surface area contributed by atoms with Gasteiger partial charge in [-0.2, -0.15) is 0 Å². The van der Waals surface area contributed by atoms with Crippen LogP contribution < -0.4 is 15.8 Å². The molecule has 7 heteroatoms. The first kappa shape index (κ1) is 17.4. The Kier molecular flexibility index (Phi) is 6.61. The molecule has 1 aromatic heterocycles. The lowest BCUT2D eigenvalue weighted by atomic mass is 10.2. The number of carbonyl (C=O) groups is 1. The maximum atomic E-state index is 12.1. The van der Waals surface area contributed by atoms with Crippen molar-refractivity contribution in [2.75, 3.05) is 11.9 Å². The predicted molar refractivity (Wildman–Crippen MR) is 87.6 cm³/mol. The number of benzene rings is 1. The van der Waals surface area contributed by atoms with Gasteiger partial charge < -0.3 is 15.8 Å². The SMILES string of the molecule is CCOc1cc(C)ccc1NC(=O)c1csc(CN)n1.Cl. The zero-order valence-electron chi connectivity index (χ0n) is 11.9. The molecule has 5 nitrogen and oxygen atoms in total. The van der Waals surface area contributed by atoms with E-state index in [1.165, 1.54) is 11.3 Å². The van der Waals surface area contributed by atoms with Crippen molar-refractivity contribution < 1.29 is 9.53 Å². The van der Waals surface area contributed by atoms with Crippen LogP contribution in [0.25, 0.3) is 0 Å². The molecule has 0 radical (unpaired) electrons. The average molecular weight is 328 g/mol. The zero-order valence-corrected chi connectivity index (χ0v) is 13.5. The van der Waals surface area contributed by atoms with E-state index in [0.29, 0.717) is 30.3 Å². The van der Waals surface area contributed by atoms with Gasteiger partial charge in [-0.1, -0.05) is 6.07 Å². The summed E-state index contributed by atoms with van der Waals surface area (Å²) in [4.78, 5) is 16.3. The monoisotopic (exact) mass is 327 g/mol. The number of thiazole rings is 1. The number of aryl methyl sites for hydroxylation is 1. The van der Waals surface area contributed by atoms with Crippen molar-refractivity contribution in [3.63, 3.8) is 0 Å². The number of hydrogen-bond donors (Lipinski definition) is 2. The van der Waals surface area contributed by atoms with Gasteiger partial charge in [-0.15, -0.1) is 23.7 Å². The normalized spacial score (nSPS) is 9.86. The van der Waals surface area contributed by atoms with E-state index in [-0.39, 0.29) is 18.3 Å². The highest BCUT2D eigenvalue weighted by Gasteiger charge is 2.13. The van der Waals surface area contributed by atoms with E-state index in [0.717, 1.165) is 10.6 Å². The molecule has 0 spiro atoms. The lowest BCUT2D eigenvalue weighted by molar-refractivity contribution is 0.102. The van der Waals surface area contributed by atoms with E-state index in [1.807, 2.05) is 32.0 Å². The summed E-state index contributed by atoms with van der Waals surface area (Å²) < 4.78 is 5.53. The number of amides is 1. The molecule has 0 fully saturated rings. The van der Waals surface area contributed by atoms with E-state index >= 15 is 0 Å². The van der Waals surface area contributed by atoms with Crippen molar-refractivity contribution in [3.8, 4) is 5.75 Å². The van der Waals surface area contributed by atoms with E-state index in [4.69, 9.17) is 10.5 Å². The fourth-order valence-electron chi connectivity index (χ4n) is 1.70. The van der Waals surface area contributed by atoms with Crippen molar-refractivity contribution in [2.45, 2.75) is 20.4 Å². The van der Waals surface area contributed by atoms with E-state index in [1.54, 1.807) is 5.38 Å². The van der Waals surface area contributed by atoms with Crippen LogP contribution in [0.5, 0.6) is 5.75 Å². The second kappa shape index (κ2) is 7.97. The van der Waals surface area contributed by atoms with Crippen molar-refractivity contribution in [3.05, 3.63) is 39.8 Å². The number of halogens is 1. The summed E-state index contributed by atoms with van der Waals surface area (Å²) in [7, 11) is 0. The number of nitrogens with one attached hydrogen (secondary N) is 1. The first-order valence-corrected chi connectivity index (χ1v) is 7.21. The summed E-state index contributed by atoms with van der Waals surface area (Å²) in [5.74, 6) is 0.404. The molecule has 0 atom stereocenters. The quantitative estimate of drug-likeness (QED) is 0.885. The molecule has 0 saturated heterocycles. The Labute approximate surface area is 133 Å². The summed E-state index contributed by atoms with van der Waals surface area (Å²) in [6.07, 6.45) is 0. The van der Waals surface area contributed by atoms with Gasteiger partial charge in [-0.3, -0.25) is 4.79 Å². The smallest absolute Gasteiger partial charge is 0.275 e. The largest absolute Gasteiger partial charge is 0.492 e. The van der Waals surface area contributed by atoms with Crippen LogP contribution in [0.2, 0.25) is 0 Å². The Bertz CT molecular complexity index is 616. The molecule has 21 heavy (non-hydrogen) atoms. The lowest BCUT2D eigenvalue weighted by Crippen LogP contribution is -2.13. The third-order valence-corrected chi connectivity index (χ3v) is 3.52. The molecule has 1 heterocycles. The summed E-state index contributed by atoms with van der Waals surface area (Å²) in [5, 5.41) is 5.26. The van der Waals surface area contributed by atoms with Gasteiger partial charge in [0.2, 0.25) is 0 Å². The third-order valence-electron chi connectivity index (χ3n) is 2.64. The Hall–Kier alpha value is -1.63. The molecular formula is C14H18ClN3O2S. The van der Waals surface area contributed by atoms with Gasteiger partial charge in [0.05, 0.1) is 12.3 Å². The Balaban J connectivity index is 0.00000220. The number of carbonyl (C=O) groups excluding carboxylic acids is 1. The number of hydrogen-bond acceptors (Lipinski definition) is 5. The van der Waals surface area contributed by atoms with Crippen molar-refractivity contribution >= 4 is 35.3 Å². The highest BCUT2D eigenvalue weighted by molar-refractivity contribution is 7.09. The first-order valence-electron chi connectivity index (χ1n) is 6.33. The summed E-state index contributed by atoms with van der Waals surface area (Å²) in [5.41, 5.74) is 7.58. The fourth-order valence-corrected chi connectivity index (χ4v) is 2.36. The molecule has 0 aliphatic heterocycles. The molecule has 0 aliphatic rings. The summed E-state index contributed by atoms with van der Waals surface area (Å²) >= 11 is 1.38. The summed E-state index contributed by atoms with van der Waals surface area (Å²) in [6, 6.07) is 5.64. The van der Waals surface area contributed by atoms with Gasteiger partial charge in [0.15, 0.2) is 0 Å². The van der Waals surface area contributed by atoms with Gasteiger partial charge in [0.25, 0.3) is 5.91 Å². The zero-order chi connectivity index (χ0) is 14.5. The number of ether oxygens (including phenoxy) is 1. The van der Waals surface area contributed by atoms with Crippen LogP contribution in [0, 0.1) is 6.92 Å².